The molecule has 0 aliphatic heterocycles. The van der Waals surface area contributed by atoms with E-state index in [-0.39, 0.29) is 37.5 Å². The van der Waals surface area contributed by atoms with Crippen LogP contribution < -0.4 is 0 Å². The summed E-state index contributed by atoms with van der Waals surface area (Å²) in [6, 6.07) is 0. The van der Waals surface area contributed by atoms with Gasteiger partial charge >= 0.3 is 0 Å². The molecule has 0 atom stereocenters. The van der Waals surface area contributed by atoms with Crippen molar-refractivity contribution < 1.29 is 13.6 Å². The Kier molecular flexibility index (Phi) is 4.28. The van der Waals surface area contributed by atoms with E-state index in [1.165, 1.54) is 4.90 Å². The molecule has 1 fully saturated rings. The van der Waals surface area contributed by atoms with Gasteiger partial charge in [-0.05, 0) is 19.8 Å². The zero-order valence-corrected chi connectivity index (χ0v) is 9.72. The maximum absolute atomic E-state index is 12.9. The summed E-state index contributed by atoms with van der Waals surface area (Å²) in [7, 11) is 1.67. The van der Waals surface area contributed by atoms with Crippen LogP contribution in [0.2, 0.25) is 0 Å². The standard InChI is InChI=1S/C12H17F2NO/c1-3-4-9-15(2)11(16)10-5-7-12(13,14)8-6-10/h10H,5-9H2,1-2H3. The van der Waals surface area contributed by atoms with Crippen LogP contribution in [0.15, 0.2) is 0 Å². The Bertz CT molecular complexity index is 307. The van der Waals surface area contributed by atoms with Gasteiger partial charge in [-0.15, -0.1) is 5.92 Å². The predicted octanol–water partition coefficient (Wildman–Crippen LogP) is 2.29. The molecule has 1 aliphatic rings. The highest BCUT2D eigenvalue weighted by atomic mass is 19.3. The van der Waals surface area contributed by atoms with Crippen molar-refractivity contribution in [3.8, 4) is 11.8 Å². The number of amides is 1. The van der Waals surface area contributed by atoms with Crippen molar-refractivity contribution in [2.24, 2.45) is 5.92 Å². The van der Waals surface area contributed by atoms with Gasteiger partial charge in [-0.3, -0.25) is 4.79 Å². The first-order valence-electron chi connectivity index (χ1n) is 5.48. The molecule has 16 heavy (non-hydrogen) atoms. The van der Waals surface area contributed by atoms with E-state index in [2.05, 4.69) is 11.8 Å². The van der Waals surface area contributed by atoms with Gasteiger partial charge in [0.05, 0.1) is 6.54 Å². The van der Waals surface area contributed by atoms with Crippen molar-refractivity contribution in [3.63, 3.8) is 0 Å². The Hall–Kier alpha value is -1.11. The van der Waals surface area contributed by atoms with E-state index in [9.17, 15) is 13.6 Å². The molecule has 0 aromatic rings. The summed E-state index contributed by atoms with van der Waals surface area (Å²) in [5.74, 6) is 2.62. The van der Waals surface area contributed by atoms with Gasteiger partial charge in [0.1, 0.15) is 0 Å². The van der Waals surface area contributed by atoms with Gasteiger partial charge in [-0.2, -0.15) is 0 Å². The normalized spacial score (nSPS) is 19.8. The lowest BCUT2D eigenvalue weighted by Crippen LogP contribution is -2.37. The summed E-state index contributed by atoms with van der Waals surface area (Å²) in [6.07, 6.45) is 0.235. The number of rotatable bonds is 2. The second-order valence-corrected chi connectivity index (χ2v) is 4.25. The molecule has 0 spiro atoms. The number of hydrogen-bond donors (Lipinski definition) is 0. The van der Waals surface area contributed by atoms with E-state index in [4.69, 9.17) is 0 Å². The van der Waals surface area contributed by atoms with Crippen LogP contribution in [0.1, 0.15) is 32.6 Å². The minimum Gasteiger partial charge on any atom is -0.334 e. The molecule has 1 amide bonds. The van der Waals surface area contributed by atoms with Gasteiger partial charge in [-0.25, -0.2) is 8.78 Å². The maximum Gasteiger partial charge on any atom is 0.248 e. The first-order valence-corrected chi connectivity index (χ1v) is 5.48. The molecule has 0 bridgehead atoms. The van der Waals surface area contributed by atoms with Crippen LogP contribution in [0.5, 0.6) is 0 Å². The lowest BCUT2D eigenvalue weighted by atomic mass is 9.86. The highest BCUT2D eigenvalue weighted by Gasteiger charge is 2.37. The van der Waals surface area contributed by atoms with Crippen LogP contribution in [0.25, 0.3) is 0 Å². The number of halogens is 2. The molecule has 1 aliphatic carbocycles. The fourth-order valence-electron chi connectivity index (χ4n) is 1.87. The minimum absolute atomic E-state index is 0.0572. The zero-order valence-electron chi connectivity index (χ0n) is 9.72. The fraction of sp³-hybridized carbons (Fsp3) is 0.750. The number of carbonyl (C=O) groups is 1. The molecule has 1 saturated carbocycles. The van der Waals surface area contributed by atoms with Crippen LogP contribution in [-0.4, -0.2) is 30.3 Å². The van der Waals surface area contributed by atoms with Crippen molar-refractivity contribution in [1.82, 2.24) is 4.90 Å². The monoisotopic (exact) mass is 229 g/mol. The van der Waals surface area contributed by atoms with Gasteiger partial charge in [-0.1, -0.05) is 5.92 Å². The topological polar surface area (TPSA) is 20.3 Å². The van der Waals surface area contributed by atoms with Gasteiger partial charge in [0, 0.05) is 25.8 Å². The Balaban J connectivity index is 2.46. The number of nitrogens with zero attached hydrogens (tertiary/aromatic N) is 1. The van der Waals surface area contributed by atoms with E-state index in [1.807, 2.05) is 0 Å². The molecular formula is C12H17F2NO. The molecule has 0 N–H and O–H groups in total. The van der Waals surface area contributed by atoms with Crippen molar-refractivity contribution in [2.45, 2.75) is 38.5 Å². The number of alkyl halides is 2. The molecule has 90 valence electrons. The average molecular weight is 229 g/mol. The van der Waals surface area contributed by atoms with E-state index < -0.39 is 5.92 Å². The summed E-state index contributed by atoms with van der Waals surface area (Å²) >= 11 is 0. The third-order valence-electron chi connectivity index (χ3n) is 2.94. The highest BCUT2D eigenvalue weighted by molar-refractivity contribution is 5.78. The average Bonchev–Trinajstić information content (AvgIpc) is 2.25. The summed E-state index contributed by atoms with van der Waals surface area (Å²) in [5, 5.41) is 0. The van der Waals surface area contributed by atoms with Crippen molar-refractivity contribution in [3.05, 3.63) is 0 Å². The van der Waals surface area contributed by atoms with E-state index in [0.717, 1.165) is 0 Å². The number of carbonyl (C=O) groups excluding carboxylic acids is 1. The molecule has 0 heterocycles. The second kappa shape index (κ2) is 5.29. The van der Waals surface area contributed by atoms with Gasteiger partial charge in [0.15, 0.2) is 0 Å². The first kappa shape index (κ1) is 13.0. The quantitative estimate of drug-likeness (QED) is 0.665. The minimum atomic E-state index is -2.57. The summed E-state index contributed by atoms with van der Waals surface area (Å²) in [5.41, 5.74) is 0. The predicted molar refractivity (Wildman–Crippen MR) is 58.0 cm³/mol. The summed E-state index contributed by atoms with van der Waals surface area (Å²) in [6.45, 7) is 2.09. The van der Waals surface area contributed by atoms with Crippen LogP contribution in [0, 0.1) is 17.8 Å². The summed E-state index contributed by atoms with van der Waals surface area (Å²) in [4.78, 5) is 13.3. The third kappa shape index (κ3) is 3.48. The molecule has 1 rings (SSSR count). The zero-order chi connectivity index (χ0) is 12.2. The molecule has 4 heteroatoms. The Morgan fingerprint density at radius 2 is 2.00 bits per heavy atom. The Labute approximate surface area is 95.0 Å². The van der Waals surface area contributed by atoms with Crippen LogP contribution in [0.3, 0.4) is 0 Å². The van der Waals surface area contributed by atoms with E-state index in [0.29, 0.717) is 6.54 Å². The molecule has 0 aromatic carbocycles. The van der Waals surface area contributed by atoms with Crippen LogP contribution >= 0.6 is 0 Å². The second-order valence-electron chi connectivity index (χ2n) is 4.25. The summed E-state index contributed by atoms with van der Waals surface area (Å²) < 4.78 is 25.8. The van der Waals surface area contributed by atoms with E-state index in [1.54, 1.807) is 14.0 Å². The smallest absolute Gasteiger partial charge is 0.248 e. The van der Waals surface area contributed by atoms with Crippen molar-refractivity contribution >= 4 is 5.91 Å². The van der Waals surface area contributed by atoms with Gasteiger partial charge < -0.3 is 4.90 Å². The largest absolute Gasteiger partial charge is 0.334 e. The lowest BCUT2D eigenvalue weighted by Gasteiger charge is -2.29. The fourth-order valence-corrected chi connectivity index (χ4v) is 1.87. The van der Waals surface area contributed by atoms with Gasteiger partial charge in [0.25, 0.3) is 0 Å². The van der Waals surface area contributed by atoms with Crippen molar-refractivity contribution in [1.29, 1.82) is 0 Å². The van der Waals surface area contributed by atoms with Gasteiger partial charge in [0.2, 0.25) is 11.8 Å². The maximum atomic E-state index is 12.9. The Morgan fingerprint density at radius 1 is 1.44 bits per heavy atom. The van der Waals surface area contributed by atoms with Crippen LogP contribution in [-0.2, 0) is 4.79 Å². The molecule has 2 nitrogen and oxygen atoms in total. The van der Waals surface area contributed by atoms with Crippen LogP contribution in [0.4, 0.5) is 8.78 Å². The highest BCUT2D eigenvalue weighted by Crippen LogP contribution is 2.36. The molecular weight excluding hydrogens is 212 g/mol. The molecule has 0 saturated heterocycles. The lowest BCUT2D eigenvalue weighted by molar-refractivity contribution is -0.137. The third-order valence-corrected chi connectivity index (χ3v) is 2.94. The molecule has 0 unspecified atom stereocenters. The molecule has 0 aromatic heterocycles. The SMILES string of the molecule is CC#CCN(C)C(=O)C1CCC(F)(F)CC1. The number of hydrogen-bond acceptors (Lipinski definition) is 1. The van der Waals surface area contributed by atoms with E-state index >= 15 is 0 Å². The van der Waals surface area contributed by atoms with Crippen molar-refractivity contribution in [2.75, 3.05) is 13.6 Å². The first-order chi connectivity index (χ1) is 7.46. The molecule has 0 radical (unpaired) electrons. The Morgan fingerprint density at radius 3 is 2.50 bits per heavy atom.